The van der Waals surface area contributed by atoms with Crippen LogP contribution in [-0.2, 0) is 11.3 Å². The summed E-state index contributed by atoms with van der Waals surface area (Å²) in [5.74, 6) is 0. The first kappa shape index (κ1) is 13.5. The largest absolute Gasteiger partial charge is 0.394 e. The van der Waals surface area contributed by atoms with Crippen LogP contribution in [0.25, 0.3) is 0 Å². The van der Waals surface area contributed by atoms with Crippen LogP contribution >= 0.6 is 0 Å². The number of hydrogen-bond acceptors (Lipinski definition) is 3. The minimum Gasteiger partial charge on any atom is -0.394 e. The first-order chi connectivity index (χ1) is 8.72. The number of piperidine rings is 1. The highest BCUT2D eigenvalue weighted by atomic mass is 16.5. The first-order valence-corrected chi connectivity index (χ1v) is 6.73. The van der Waals surface area contributed by atoms with Crippen molar-refractivity contribution in [3.63, 3.8) is 0 Å². The van der Waals surface area contributed by atoms with Gasteiger partial charge in [-0.05, 0) is 25.3 Å². The number of hydrogen-bond donors (Lipinski definition) is 1. The summed E-state index contributed by atoms with van der Waals surface area (Å²) in [6.07, 6.45) is 2.08. The molecule has 1 aromatic carbocycles. The summed E-state index contributed by atoms with van der Waals surface area (Å²) in [5.41, 5.74) is 1.33. The summed E-state index contributed by atoms with van der Waals surface area (Å²) in [7, 11) is 0. The molecule has 0 amide bonds. The number of likely N-dealkylation sites (tertiary alicyclic amines) is 1. The van der Waals surface area contributed by atoms with Crippen LogP contribution in [0.4, 0.5) is 0 Å². The lowest BCUT2D eigenvalue weighted by Crippen LogP contribution is -2.44. The lowest BCUT2D eigenvalue weighted by atomic mass is 9.93. The second-order valence-corrected chi connectivity index (χ2v) is 5.28. The molecule has 0 saturated carbocycles. The lowest BCUT2D eigenvalue weighted by molar-refractivity contribution is -0.0813. The second kappa shape index (κ2) is 6.32. The number of aliphatic hydroxyl groups is 1. The van der Waals surface area contributed by atoms with Crippen molar-refractivity contribution in [2.75, 3.05) is 26.3 Å². The van der Waals surface area contributed by atoms with E-state index in [9.17, 15) is 0 Å². The summed E-state index contributed by atoms with van der Waals surface area (Å²) in [6, 6.07) is 10.6. The summed E-state index contributed by atoms with van der Waals surface area (Å²) >= 11 is 0. The smallest absolute Gasteiger partial charge is 0.0705 e. The Morgan fingerprint density at radius 3 is 2.50 bits per heavy atom. The van der Waals surface area contributed by atoms with Crippen molar-refractivity contribution in [3.8, 4) is 0 Å². The highest BCUT2D eigenvalue weighted by molar-refractivity contribution is 5.14. The SMILES string of the molecule is CC1(OCCO)CCN(Cc2ccccc2)CC1. The Morgan fingerprint density at radius 2 is 1.89 bits per heavy atom. The summed E-state index contributed by atoms with van der Waals surface area (Å²) in [5, 5.41) is 8.82. The molecule has 1 saturated heterocycles. The molecule has 0 unspecified atom stereocenters. The number of nitrogens with zero attached hydrogens (tertiary/aromatic N) is 1. The summed E-state index contributed by atoms with van der Waals surface area (Å²) in [6.45, 7) is 5.88. The van der Waals surface area contributed by atoms with E-state index in [0.29, 0.717) is 6.61 Å². The molecule has 1 fully saturated rings. The van der Waals surface area contributed by atoms with Crippen molar-refractivity contribution >= 4 is 0 Å². The van der Waals surface area contributed by atoms with Crippen LogP contribution < -0.4 is 0 Å². The second-order valence-electron chi connectivity index (χ2n) is 5.28. The van der Waals surface area contributed by atoms with E-state index < -0.39 is 0 Å². The zero-order valence-corrected chi connectivity index (χ0v) is 11.1. The molecule has 0 bridgehead atoms. The van der Waals surface area contributed by atoms with E-state index in [0.717, 1.165) is 32.5 Å². The molecule has 0 radical (unpaired) electrons. The van der Waals surface area contributed by atoms with Crippen LogP contribution in [0.5, 0.6) is 0 Å². The van der Waals surface area contributed by atoms with Crippen LogP contribution in [-0.4, -0.2) is 41.9 Å². The molecule has 0 aromatic heterocycles. The van der Waals surface area contributed by atoms with Crippen LogP contribution in [0.3, 0.4) is 0 Å². The lowest BCUT2D eigenvalue weighted by Gasteiger charge is -2.39. The molecule has 1 heterocycles. The van der Waals surface area contributed by atoms with Crippen LogP contribution in [0, 0.1) is 0 Å². The van der Waals surface area contributed by atoms with E-state index in [4.69, 9.17) is 9.84 Å². The molecule has 0 atom stereocenters. The monoisotopic (exact) mass is 249 g/mol. The molecular weight excluding hydrogens is 226 g/mol. The van der Waals surface area contributed by atoms with Crippen molar-refractivity contribution in [3.05, 3.63) is 35.9 Å². The molecule has 1 N–H and O–H groups in total. The van der Waals surface area contributed by atoms with E-state index >= 15 is 0 Å². The van der Waals surface area contributed by atoms with Crippen molar-refractivity contribution in [2.24, 2.45) is 0 Å². The van der Waals surface area contributed by atoms with Gasteiger partial charge in [-0.1, -0.05) is 30.3 Å². The maximum absolute atomic E-state index is 8.82. The first-order valence-electron chi connectivity index (χ1n) is 6.73. The minimum absolute atomic E-state index is 0.0457. The number of ether oxygens (including phenoxy) is 1. The predicted molar refractivity (Wildman–Crippen MR) is 72.4 cm³/mol. The highest BCUT2D eigenvalue weighted by Gasteiger charge is 2.30. The minimum atomic E-state index is -0.0457. The number of rotatable bonds is 5. The predicted octanol–water partition coefficient (Wildman–Crippen LogP) is 2.05. The van der Waals surface area contributed by atoms with Gasteiger partial charge in [-0.15, -0.1) is 0 Å². The molecule has 1 aliphatic heterocycles. The fourth-order valence-corrected chi connectivity index (χ4v) is 2.46. The Morgan fingerprint density at radius 1 is 1.22 bits per heavy atom. The van der Waals surface area contributed by atoms with Crippen LogP contribution in [0.15, 0.2) is 30.3 Å². The van der Waals surface area contributed by atoms with Gasteiger partial charge < -0.3 is 9.84 Å². The van der Waals surface area contributed by atoms with E-state index in [1.54, 1.807) is 0 Å². The van der Waals surface area contributed by atoms with Gasteiger partial charge in [-0.2, -0.15) is 0 Å². The summed E-state index contributed by atoms with van der Waals surface area (Å²) in [4.78, 5) is 2.47. The normalized spacial score (nSPS) is 19.9. The Hall–Kier alpha value is -0.900. The van der Waals surface area contributed by atoms with Crippen molar-refractivity contribution < 1.29 is 9.84 Å². The Kier molecular flexibility index (Phi) is 4.75. The van der Waals surface area contributed by atoms with Gasteiger partial charge in [0, 0.05) is 19.6 Å². The quantitative estimate of drug-likeness (QED) is 0.867. The maximum atomic E-state index is 8.82. The van der Waals surface area contributed by atoms with Gasteiger partial charge >= 0.3 is 0 Å². The fourth-order valence-electron chi connectivity index (χ4n) is 2.46. The van der Waals surface area contributed by atoms with Gasteiger partial charge in [-0.3, -0.25) is 4.90 Å². The van der Waals surface area contributed by atoms with Crippen molar-refractivity contribution in [2.45, 2.75) is 31.9 Å². The molecule has 2 rings (SSSR count). The average molecular weight is 249 g/mol. The van der Waals surface area contributed by atoms with E-state index in [-0.39, 0.29) is 12.2 Å². The molecular formula is C15H23NO2. The Bertz CT molecular complexity index is 345. The molecule has 3 heteroatoms. The number of aliphatic hydroxyl groups excluding tert-OH is 1. The van der Waals surface area contributed by atoms with Crippen LogP contribution in [0.1, 0.15) is 25.3 Å². The van der Waals surface area contributed by atoms with Crippen molar-refractivity contribution in [1.82, 2.24) is 4.90 Å². The highest BCUT2D eigenvalue weighted by Crippen LogP contribution is 2.26. The molecule has 1 aliphatic rings. The van der Waals surface area contributed by atoms with Gasteiger partial charge in [0.25, 0.3) is 0 Å². The standard InChI is InChI=1S/C15H23NO2/c1-15(18-12-11-17)7-9-16(10-8-15)13-14-5-3-2-4-6-14/h2-6,17H,7-13H2,1H3. The molecule has 3 nitrogen and oxygen atoms in total. The Balaban J connectivity index is 1.80. The molecule has 0 spiro atoms. The molecule has 1 aromatic rings. The summed E-state index contributed by atoms with van der Waals surface area (Å²) < 4.78 is 5.74. The van der Waals surface area contributed by atoms with Gasteiger partial charge in [0.1, 0.15) is 0 Å². The third-order valence-electron chi connectivity index (χ3n) is 3.70. The number of benzene rings is 1. The van der Waals surface area contributed by atoms with E-state index in [2.05, 4.69) is 42.2 Å². The van der Waals surface area contributed by atoms with Gasteiger partial charge in [0.2, 0.25) is 0 Å². The maximum Gasteiger partial charge on any atom is 0.0705 e. The average Bonchev–Trinajstić information content (AvgIpc) is 2.41. The molecule has 18 heavy (non-hydrogen) atoms. The molecule has 0 aliphatic carbocycles. The third-order valence-corrected chi connectivity index (χ3v) is 3.70. The van der Waals surface area contributed by atoms with Crippen LogP contribution in [0.2, 0.25) is 0 Å². The van der Waals surface area contributed by atoms with E-state index in [1.807, 2.05) is 0 Å². The topological polar surface area (TPSA) is 32.7 Å². The van der Waals surface area contributed by atoms with Crippen molar-refractivity contribution in [1.29, 1.82) is 0 Å². The van der Waals surface area contributed by atoms with E-state index in [1.165, 1.54) is 5.56 Å². The zero-order chi connectivity index (χ0) is 12.8. The third kappa shape index (κ3) is 3.80. The Labute approximate surface area is 109 Å². The zero-order valence-electron chi connectivity index (χ0n) is 11.1. The van der Waals surface area contributed by atoms with Gasteiger partial charge in [0.15, 0.2) is 0 Å². The molecule has 100 valence electrons. The van der Waals surface area contributed by atoms with Gasteiger partial charge in [0.05, 0.1) is 18.8 Å². The fraction of sp³-hybridized carbons (Fsp3) is 0.600. The van der Waals surface area contributed by atoms with Gasteiger partial charge in [-0.25, -0.2) is 0 Å².